The summed E-state index contributed by atoms with van der Waals surface area (Å²) in [4.78, 5) is 41.8. The molecule has 0 aromatic rings. The van der Waals surface area contributed by atoms with Gasteiger partial charge < -0.3 is 30.4 Å². The van der Waals surface area contributed by atoms with E-state index in [1.807, 2.05) is 12.5 Å². The number of hydrogen-bond acceptors (Lipinski definition) is 8. The second-order valence-electron chi connectivity index (χ2n) is 4.71. The zero-order valence-corrected chi connectivity index (χ0v) is 18.4. The van der Waals surface area contributed by atoms with Crippen molar-refractivity contribution in [3.63, 3.8) is 0 Å². The zero-order chi connectivity index (χ0) is 19.1. The number of rotatable bonds is 10. The molecule has 0 rings (SSSR count). The van der Waals surface area contributed by atoms with Crippen LogP contribution in [0, 0.1) is 0 Å². The minimum absolute atomic E-state index is 0. The number of carbonyl (C=O) groups is 4. The van der Waals surface area contributed by atoms with Gasteiger partial charge in [-0.1, -0.05) is 0 Å². The van der Waals surface area contributed by atoms with E-state index in [0.29, 0.717) is 24.3 Å². The zero-order valence-electron chi connectivity index (χ0n) is 14.6. The fourth-order valence-electron chi connectivity index (χ4n) is 1.46. The van der Waals surface area contributed by atoms with Crippen LogP contribution in [0.3, 0.4) is 0 Å². The Morgan fingerprint density at radius 1 is 0.800 bits per heavy atom. The van der Waals surface area contributed by atoms with Gasteiger partial charge in [0.2, 0.25) is 11.8 Å². The molecule has 0 saturated carbocycles. The summed E-state index contributed by atoms with van der Waals surface area (Å²) in [6, 6.07) is -1.70. The number of hydrogen-bond donors (Lipinski definition) is 2. The topological polar surface area (TPSA) is 138 Å². The first kappa shape index (κ1) is 29.1. The van der Waals surface area contributed by atoms with Crippen LogP contribution in [0.15, 0.2) is 0 Å². The van der Waals surface area contributed by atoms with Gasteiger partial charge in [-0.25, -0.2) is 0 Å². The van der Waals surface area contributed by atoms with Crippen LogP contribution in [0.25, 0.3) is 0 Å². The largest absolute Gasteiger partial charge is 0.548 e. The van der Waals surface area contributed by atoms with Crippen LogP contribution in [0.1, 0.15) is 26.7 Å². The third-order valence-corrected chi connectivity index (χ3v) is 3.83. The molecule has 0 fully saturated rings. The Balaban J connectivity index is -0.000000372. The Labute approximate surface area is 172 Å². The summed E-state index contributed by atoms with van der Waals surface area (Å²) in [7, 11) is 0. The average Bonchev–Trinajstić information content (AvgIpc) is 2.47. The molecule has 0 aliphatic heterocycles. The predicted octanol–water partition coefficient (Wildman–Crippen LogP) is -2.01. The van der Waals surface area contributed by atoms with Crippen molar-refractivity contribution in [3.05, 3.63) is 0 Å². The van der Waals surface area contributed by atoms with Gasteiger partial charge in [-0.15, -0.1) is 0 Å². The molecule has 0 bridgehead atoms. The van der Waals surface area contributed by atoms with Gasteiger partial charge in [0.05, 0.1) is 24.0 Å². The maximum absolute atomic E-state index is 10.5. The molecule has 1 radical (unpaired) electrons. The third-order valence-electron chi connectivity index (χ3n) is 2.55. The van der Waals surface area contributed by atoms with Crippen LogP contribution < -0.4 is 20.8 Å². The maximum atomic E-state index is 10.5. The smallest absolute Gasteiger partial charge is 0.217 e. The summed E-state index contributed by atoms with van der Waals surface area (Å²) < 4.78 is 0. The molecule has 0 aromatic heterocycles. The molecule has 0 aliphatic carbocycles. The van der Waals surface area contributed by atoms with E-state index in [2.05, 4.69) is 10.6 Å². The van der Waals surface area contributed by atoms with Gasteiger partial charge in [0, 0.05) is 36.2 Å². The van der Waals surface area contributed by atoms with Crippen LogP contribution in [-0.2, 0) is 41.6 Å². The first-order valence-corrected chi connectivity index (χ1v) is 9.88. The van der Waals surface area contributed by atoms with Gasteiger partial charge in [-0.05, 0) is 36.9 Å². The minimum atomic E-state index is -1.22. The first-order chi connectivity index (χ1) is 11.1. The quantitative estimate of drug-likeness (QED) is 0.284. The molecular formula is C14H24AuN2O6S2-2. The summed E-state index contributed by atoms with van der Waals surface area (Å²) in [5.41, 5.74) is 0. The minimum Gasteiger partial charge on any atom is -0.548 e. The van der Waals surface area contributed by atoms with Crippen LogP contribution in [0.5, 0.6) is 0 Å². The molecule has 0 heterocycles. The van der Waals surface area contributed by atoms with E-state index in [9.17, 15) is 29.4 Å². The molecule has 2 amide bonds. The van der Waals surface area contributed by atoms with Crippen LogP contribution in [-0.4, -0.2) is 59.9 Å². The number of carbonyl (C=O) groups excluding carboxylic acids is 4. The molecule has 8 nitrogen and oxygen atoms in total. The molecule has 151 valence electrons. The van der Waals surface area contributed by atoms with Crippen LogP contribution in [0.4, 0.5) is 0 Å². The van der Waals surface area contributed by atoms with E-state index < -0.39 is 24.0 Å². The molecule has 25 heavy (non-hydrogen) atoms. The molecular weight excluding hydrogens is 553 g/mol. The summed E-state index contributed by atoms with van der Waals surface area (Å²) in [5.74, 6) is -1.74. The van der Waals surface area contributed by atoms with Gasteiger partial charge in [-0.3, -0.25) is 9.59 Å². The molecule has 11 heteroatoms. The third kappa shape index (κ3) is 19.5. The van der Waals surface area contributed by atoms with Gasteiger partial charge in [0.1, 0.15) is 0 Å². The van der Waals surface area contributed by atoms with E-state index in [0.717, 1.165) is 0 Å². The number of carboxylic acid groups (broad SMARTS) is 2. The Morgan fingerprint density at radius 2 is 1.08 bits per heavy atom. The fraction of sp³-hybridized carbons (Fsp3) is 0.714. The normalized spacial score (nSPS) is 11.7. The van der Waals surface area contributed by atoms with Crippen molar-refractivity contribution in [3.8, 4) is 0 Å². The predicted molar refractivity (Wildman–Crippen MR) is 91.2 cm³/mol. The Morgan fingerprint density at radius 3 is 1.24 bits per heavy atom. The number of aliphatic carboxylic acids is 2. The first-order valence-electron chi connectivity index (χ1n) is 7.09. The van der Waals surface area contributed by atoms with E-state index in [-0.39, 0.29) is 34.2 Å². The van der Waals surface area contributed by atoms with E-state index in [4.69, 9.17) is 0 Å². The summed E-state index contributed by atoms with van der Waals surface area (Å²) >= 11 is 3.06. The van der Waals surface area contributed by atoms with Gasteiger partial charge >= 0.3 is 0 Å². The van der Waals surface area contributed by atoms with Crippen molar-refractivity contribution in [2.75, 3.05) is 24.0 Å². The van der Waals surface area contributed by atoms with E-state index >= 15 is 0 Å². The monoisotopic (exact) mass is 577 g/mol. The number of carboxylic acids is 2. The summed E-state index contributed by atoms with van der Waals surface area (Å²) in [6.07, 6.45) is 4.56. The molecule has 0 aliphatic rings. The van der Waals surface area contributed by atoms with E-state index in [1.54, 1.807) is 0 Å². The summed E-state index contributed by atoms with van der Waals surface area (Å²) in [5, 5.41) is 25.4. The van der Waals surface area contributed by atoms with Gasteiger partial charge in [-0.2, -0.15) is 23.5 Å². The van der Waals surface area contributed by atoms with Crippen molar-refractivity contribution in [2.45, 2.75) is 38.8 Å². The molecule has 0 unspecified atom stereocenters. The molecule has 2 N–H and O–H groups in total. The molecule has 0 aromatic carbocycles. The number of nitrogens with one attached hydrogen (secondary N) is 2. The Hall–Kier alpha value is -0.680. The van der Waals surface area contributed by atoms with Gasteiger partial charge in [0.15, 0.2) is 0 Å². The van der Waals surface area contributed by atoms with Crippen LogP contribution >= 0.6 is 23.5 Å². The van der Waals surface area contributed by atoms with Crippen molar-refractivity contribution in [1.82, 2.24) is 10.6 Å². The standard InChI is InChI=1S/2C7H13NO3S.Au/c2*1-5(9)8-6(7(10)11)3-4-12-2;/h2*6H,3-4H2,1-2H3,(H,8,9)(H,10,11);/p-2/t2*6-;/m00./s1. The summed E-state index contributed by atoms with van der Waals surface area (Å²) in [6.45, 7) is 2.57. The number of thioether (sulfide) groups is 2. The SMILES string of the molecule is CSCC[C@H](NC(C)=O)C(=O)[O-].CSCC[C@H](NC(C)=O)C(=O)[O-].[Au]. The molecule has 0 saturated heterocycles. The second kappa shape index (κ2) is 18.1. The maximum Gasteiger partial charge on any atom is 0.217 e. The van der Waals surface area contributed by atoms with E-state index in [1.165, 1.54) is 37.4 Å². The molecule has 0 spiro atoms. The van der Waals surface area contributed by atoms with Crippen molar-refractivity contribution in [2.24, 2.45) is 0 Å². The Kier molecular flexibility index (Phi) is 21.1. The second-order valence-corrected chi connectivity index (χ2v) is 6.68. The molecule has 2 atom stereocenters. The fourth-order valence-corrected chi connectivity index (χ4v) is 2.40. The van der Waals surface area contributed by atoms with Gasteiger partial charge in [0.25, 0.3) is 0 Å². The average molecular weight is 577 g/mol. The Bertz CT molecular complexity index is 388. The number of amides is 2. The van der Waals surface area contributed by atoms with Crippen LogP contribution in [0.2, 0.25) is 0 Å². The van der Waals surface area contributed by atoms with Crippen molar-refractivity contribution >= 4 is 47.3 Å². The van der Waals surface area contributed by atoms with Crippen molar-refractivity contribution < 1.29 is 51.8 Å². The van der Waals surface area contributed by atoms with Crippen molar-refractivity contribution in [1.29, 1.82) is 0 Å².